The van der Waals surface area contributed by atoms with Crippen molar-refractivity contribution < 1.29 is 29.3 Å². The third-order valence-electron chi connectivity index (χ3n) is 2.58. The standard InChI is InChI=1S/C14H18O4.2C3H6.C2H6O2/c1-17-13(15)9-5-6-10-14(16)18-11-12-7-3-2-4-8-12;2*1-3-2;3-1-2-4/h2-4,7-8H,5-6,9-11H2,1H3;2*3H,1H2,2H3;3-4H,1-2H2. The summed E-state index contributed by atoms with van der Waals surface area (Å²) in [7, 11) is 1.36. The van der Waals surface area contributed by atoms with Gasteiger partial charge in [0.15, 0.2) is 0 Å². The molecule has 0 saturated heterocycles. The molecule has 0 aromatic heterocycles. The quantitative estimate of drug-likeness (QED) is 0.394. The molecule has 160 valence electrons. The van der Waals surface area contributed by atoms with Crippen LogP contribution < -0.4 is 0 Å². The Kier molecular flexibility index (Phi) is 29.0. The predicted octanol–water partition coefficient (Wildman–Crippen LogP) is 3.82. The van der Waals surface area contributed by atoms with Gasteiger partial charge in [-0.05, 0) is 32.3 Å². The zero-order valence-electron chi connectivity index (χ0n) is 17.4. The number of hydrogen-bond donors (Lipinski definition) is 2. The van der Waals surface area contributed by atoms with Crippen LogP contribution >= 0.6 is 0 Å². The number of carbonyl (C=O) groups excluding carboxylic acids is 2. The molecule has 0 unspecified atom stereocenters. The Bertz CT molecular complexity index is 477. The molecule has 0 heterocycles. The molecule has 2 N–H and O–H groups in total. The number of allylic oxidation sites excluding steroid dienone is 2. The van der Waals surface area contributed by atoms with Crippen LogP contribution in [0.4, 0.5) is 0 Å². The molecule has 28 heavy (non-hydrogen) atoms. The lowest BCUT2D eigenvalue weighted by atomic mass is 10.2. The fourth-order valence-corrected chi connectivity index (χ4v) is 1.45. The van der Waals surface area contributed by atoms with Crippen molar-refractivity contribution in [2.75, 3.05) is 20.3 Å². The van der Waals surface area contributed by atoms with Gasteiger partial charge in [-0.15, -0.1) is 13.2 Å². The van der Waals surface area contributed by atoms with E-state index in [0.29, 0.717) is 32.3 Å². The number of aliphatic hydroxyl groups excluding tert-OH is 2. The maximum atomic E-state index is 11.4. The molecule has 0 atom stereocenters. The van der Waals surface area contributed by atoms with E-state index in [1.165, 1.54) is 7.11 Å². The smallest absolute Gasteiger partial charge is 0.306 e. The Morgan fingerprint density at radius 1 is 0.929 bits per heavy atom. The van der Waals surface area contributed by atoms with E-state index in [1.54, 1.807) is 12.2 Å². The minimum atomic E-state index is -0.243. The van der Waals surface area contributed by atoms with Crippen LogP contribution in [0.2, 0.25) is 0 Å². The number of carbonyl (C=O) groups is 2. The first kappa shape index (κ1) is 30.3. The maximum Gasteiger partial charge on any atom is 0.306 e. The Labute approximate surface area is 169 Å². The molecular weight excluding hydrogens is 360 g/mol. The highest BCUT2D eigenvalue weighted by Gasteiger charge is 2.05. The summed E-state index contributed by atoms with van der Waals surface area (Å²) in [5.74, 6) is -0.476. The van der Waals surface area contributed by atoms with Gasteiger partial charge in [0.25, 0.3) is 0 Å². The summed E-state index contributed by atoms with van der Waals surface area (Å²) in [6.45, 7) is 10.6. The first-order chi connectivity index (χ1) is 13.5. The molecule has 1 aromatic carbocycles. The molecule has 0 bridgehead atoms. The number of aliphatic hydroxyl groups is 2. The third-order valence-corrected chi connectivity index (χ3v) is 2.58. The van der Waals surface area contributed by atoms with Gasteiger partial charge in [0, 0.05) is 12.8 Å². The minimum absolute atomic E-state index is 0.125. The van der Waals surface area contributed by atoms with Gasteiger partial charge in [-0.1, -0.05) is 42.5 Å². The van der Waals surface area contributed by atoms with E-state index in [0.717, 1.165) is 5.56 Å². The molecular formula is C22H36O6. The summed E-state index contributed by atoms with van der Waals surface area (Å²) in [5, 5.41) is 15.2. The number of hydrogen-bond acceptors (Lipinski definition) is 6. The summed E-state index contributed by atoms with van der Waals surface area (Å²) in [6.07, 6.45) is 5.47. The average Bonchev–Trinajstić information content (AvgIpc) is 2.71. The van der Waals surface area contributed by atoms with Crippen LogP contribution in [0.1, 0.15) is 45.1 Å². The van der Waals surface area contributed by atoms with Crippen molar-refractivity contribution in [1.82, 2.24) is 0 Å². The molecule has 0 radical (unpaired) electrons. The highest BCUT2D eigenvalue weighted by atomic mass is 16.5. The van der Waals surface area contributed by atoms with Crippen LogP contribution in [0.25, 0.3) is 0 Å². The molecule has 0 saturated carbocycles. The SMILES string of the molecule is C=CC.C=CC.COC(=O)CCCCC(=O)OCc1ccccc1.OCCO. The second-order valence-electron chi connectivity index (χ2n) is 5.19. The van der Waals surface area contributed by atoms with E-state index in [2.05, 4.69) is 17.9 Å². The second kappa shape index (κ2) is 26.8. The summed E-state index contributed by atoms with van der Waals surface area (Å²) in [4.78, 5) is 22.2. The van der Waals surface area contributed by atoms with E-state index in [1.807, 2.05) is 44.2 Å². The van der Waals surface area contributed by atoms with Gasteiger partial charge in [0.1, 0.15) is 6.61 Å². The van der Waals surface area contributed by atoms with E-state index in [4.69, 9.17) is 14.9 Å². The van der Waals surface area contributed by atoms with Crippen LogP contribution in [-0.2, 0) is 25.7 Å². The molecule has 6 heteroatoms. The summed E-state index contributed by atoms with van der Waals surface area (Å²) in [5.41, 5.74) is 0.973. The molecule has 0 fully saturated rings. The normalized spacial score (nSPS) is 8.32. The molecule has 0 aliphatic heterocycles. The Morgan fingerprint density at radius 3 is 1.75 bits per heavy atom. The van der Waals surface area contributed by atoms with Gasteiger partial charge >= 0.3 is 11.9 Å². The zero-order valence-corrected chi connectivity index (χ0v) is 17.4. The van der Waals surface area contributed by atoms with Crippen LogP contribution in [-0.4, -0.2) is 42.5 Å². The molecule has 6 nitrogen and oxygen atoms in total. The van der Waals surface area contributed by atoms with Crippen molar-refractivity contribution in [3.8, 4) is 0 Å². The molecule has 0 amide bonds. The number of rotatable bonds is 8. The Balaban J connectivity index is -0.000000521. The molecule has 0 aliphatic carbocycles. The van der Waals surface area contributed by atoms with Crippen molar-refractivity contribution in [2.24, 2.45) is 0 Å². The fourth-order valence-electron chi connectivity index (χ4n) is 1.45. The van der Waals surface area contributed by atoms with Gasteiger partial charge in [0.05, 0.1) is 20.3 Å². The molecule has 1 aromatic rings. The highest BCUT2D eigenvalue weighted by molar-refractivity contribution is 5.70. The summed E-state index contributed by atoms with van der Waals surface area (Å²) < 4.78 is 9.61. The Hall–Kier alpha value is -2.44. The van der Waals surface area contributed by atoms with Gasteiger partial charge in [-0.25, -0.2) is 0 Å². The van der Waals surface area contributed by atoms with Crippen LogP contribution in [0.3, 0.4) is 0 Å². The topological polar surface area (TPSA) is 93.1 Å². The van der Waals surface area contributed by atoms with Gasteiger partial charge in [-0.3, -0.25) is 9.59 Å². The van der Waals surface area contributed by atoms with Gasteiger partial charge in [-0.2, -0.15) is 0 Å². The van der Waals surface area contributed by atoms with E-state index >= 15 is 0 Å². The summed E-state index contributed by atoms with van der Waals surface area (Å²) >= 11 is 0. The van der Waals surface area contributed by atoms with E-state index < -0.39 is 0 Å². The maximum absolute atomic E-state index is 11.4. The lowest BCUT2D eigenvalue weighted by molar-refractivity contribution is -0.145. The summed E-state index contributed by atoms with van der Waals surface area (Å²) in [6, 6.07) is 9.53. The third kappa shape index (κ3) is 28.4. The van der Waals surface area contributed by atoms with Crippen molar-refractivity contribution in [2.45, 2.75) is 46.1 Å². The molecule has 0 spiro atoms. The first-order valence-corrected chi connectivity index (χ1v) is 9.09. The second-order valence-corrected chi connectivity index (χ2v) is 5.19. The predicted molar refractivity (Wildman–Crippen MR) is 113 cm³/mol. The van der Waals surface area contributed by atoms with Gasteiger partial charge < -0.3 is 19.7 Å². The van der Waals surface area contributed by atoms with Crippen molar-refractivity contribution in [3.63, 3.8) is 0 Å². The number of esters is 2. The van der Waals surface area contributed by atoms with Crippen LogP contribution in [0.5, 0.6) is 0 Å². The molecule has 0 aliphatic rings. The number of methoxy groups -OCH3 is 1. The van der Waals surface area contributed by atoms with Gasteiger partial charge in [0.2, 0.25) is 0 Å². The number of ether oxygens (including phenoxy) is 2. The Morgan fingerprint density at radius 2 is 1.36 bits per heavy atom. The fraction of sp³-hybridized carbons (Fsp3) is 0.455. The lowest BCUT2D eigenvalue weighted by Gasteiger charge is -2.04. The minimum Gasteiger partial charge on any atom is -0.469 e. The number of unbranched alkanes of at least 4 members (excludes halogenated alkanes) is 1. The van der Waals surface area contributed by atoms with Crippen molar-refractivity contribution >= 4 is 11.9 Å². The molecule has 1 rings (SSSR count). The van der Waals surface area contributed by atoms with E-state index in [-0.39, 0.29) is 25.2 Å². The van der Waals surface area contributed by atoms with E-state index in [9.17, 15) is 9.59 Å². The van der Waals surface area contributed by atoms with Crippen molar-refractivity contribution in [3.05, 3.63) is 61.2 Å². The average molecular weight is 397 g/mol. The van der Waals surface area contributed by atoms with Crippen molar-refractivity contribution in [1.29, 1.82) is 0 Å². The lowest BCUT2D eigenvalue weighted by Crippen LogP contribution is -2.05. The first-order valence-electron chi connectivity index (χ1n) is 9.09. The van der Waals surface area contributed by atoms with Crippen LogP contribution in [0.15, 0.2) is 55.6 Å². The highest BCUT2D eigenvalue weighted by Crippen LogP contribution is 2.05. The monoisotopic (exact) mass is 396 g/mol. The number of benzene rings is 1. The van der Waals surface area contributed by atoms with Crippen LogP contribution in [0, 0.1) is 0 Å². The zero-order chi connectivity index (χ0) is 22.0. The largest absolute Gasteiger partial charge is 0.469 e.